The Hall–Kier alpha value is -1.11. The third-order valence-corrected chi connectivity index (χ3v) is 2.59. The minimum absolute atomic E-state index is 0.439. The van der Waals surface area contributed by atoms with Crippen LogP contribution in [0.1, 0.15) is 5.76 Å². The second-order valence-corrected chi connectivity index (χ2v) is 4.25. The summed E-state index contributed by atoms with van der Waals surface area (Å²) in [7, 11) is 0. The average Bonchev–Trinajstić information content (AvgIpc) is 2.66. The van der Waals surface area contributed by atoms with Gasteiger partial charge in [0.1, 0.15) is 5.76 Å². The lowest BCUT2D eigenvalue weighted by atomic mass is 10.3. The molecular weight excluding hydrogens is 327 g/mol. The molecule has 0 bridgehead atoms. The number of anilines is 1. The number of furan rings is 1. The Kier molecular flexibility index (Phi) is 3.42. The molecule has 0 spiro atoms. The highest BCUT2D eigenvalue weighted by Gasteiger charge is 2.03. The van der Waals surface area contributed by atoms with Gasteiger partial charge in [0.05, 0.1) is 6.54 Å². The standard InChI is InChI=1S/C11H8F2INO/c12-9-3-1-7(5-10(9)13)15-6-8-2-4-11(14)16-8/h1-5,15H,6H2. The van der Waals surface area contributed by atoms with Crippen molar-refractivity contribution in [3.63, 3.8) is 0 Å². The molecule has 0 fully saturated rings. The van der Waals surface area contributed by atoms with E-state index in [1.165, 1.54) is 6.07 Å². The zero-order valence-corrected chi connectivity index (χ0v) is 10.3. The van der Waals surface area contributed by atoms with Gasteiger partial charge in [0, 0.05) is 11.8 Å². The number of rotatable bonds is 3. The zero-order valence-electron chi connectivity index (χ0n) is 8.14. The summed E-state index contributed by atoms with van der Waals surface area (Å²) >= 11 is 2.06. The van der Waals surface area contributed by atoms with Crippen LogP contribution in [-0.2, 0) is 6.54 Å². The van der Waals surface area contributed by atoms with Crippen LogP contribution in [0, 0.1) is 15.4 Å². The highest BCUT2D eigenvalue weighted by molar-refractivity contribution is 14.1. The Labute approximate surface area is 105 Å². The molecule has 1 heterocycles. The Balaban J connectivity index is 2.02. The number of halogens is 3. The van der Waals surface area contributed by atoms with Gasteiger partial charge in [-0.1, -0.05) is 0 Å². The van der Waals surface area contributed by atoms with Crippen LogP contribution < -0.4 is 5.32 Å². The van der Waals surface area contributed by atoms with Crippen molar-refractivity contribution in [1.29, 1.82) is 0 Å². The molecule has 0 amide bonds. The Bertz CT molecular complexity index is 498. The van der Waals surface area contributed by atoms with Gasteiger partial charge in [-0.2, -0.15) is 0 Å². The maximum atomic E-state index is 12.9. The first kappa shape index (κ1) is 11.4. The summed E-state index contributed by atoms with van der Waals surface area (Å²) < 4.78 is 31.6. The van der Waals surface area contributed by atoms with Crippen LogP contribution in [0.3, 0.4) is 0 Å². The molecule has 2 rings (SSSR count). The largest absolute Gasteiger partial charge is 0.454 e. The van der Waals surface area contributed by atoms with Crippen LogP contribution in [-0.4, -0.2) is 0 Å². The van der Waals surface area contributed by atoms with Crippen molar-refractivity contribution in [2.24, 2.45) is 0 Å². The zero-order chi connectivity index (χ0) is 11.5. The fourth-order valence-electron chi connectivity index (χ4n) is 1.24. The maximum Gasteiger partial charge on any atom is 0.164 e. The maximum absolute atomic E-state index is 12.9. The molecule has 5 heteroatoms. The van der Waals surface area contributed by atoms with Crippen molar-refractivity contribution in [2.75, 3.05) is 5.32 Å². The van der Waals surface area contributed by atoms with Crippen LogP contribution in [0.2, 0.25) is 0 Å². The normalized spacial score (nSPS) is 10.4. The molecule has 2 aromatic rings. The van der Waals surface area contributed by atoms with Crippen molar-refractivity contribution < 1.29 is 13.2 Å². The lowest BCUT2D eigenvalue weighted by Gasteiger charge is -2.04. The summed E-state index contributed by atoms with van der Waals surface area (Å²) in [6, 6.07) is 7.34. The van der Waals surface area contributed by atoms with E-state index < -0.39 is 11.6 Å². The second-order valence-electron chi connectivity index (χ2n) is 3.19. The van der Waals surface area contributed by atoms with Crippen molar-refractivity contribution >= 4 is 28.3 Å². The summed E-state index contributed by atoms with van der Waals surface area (Å²) in [5, 5.41) is 2.94. The van der Waals surface area contributed by atoms with E-state index >= 15 is 0 Å². The van der Waals surface area contributed by atoms with Gasteiger partial charge in [-0.3, -0.25) is 0 Å². The fourth-order valence-corrected chi connectivity index (χ4v) is 1.70. The summed E-state index contributed by atoms with van der Waals surface area (Å²) in [6.07, 6.45) is 0. The molecule has 0 aliphatic heterocycles. The van der Waals surface area contributed by atoms with Gasteiger partial charge >= 0.3 is 0 Å². The summed E-state index contributed by atoms with van der Waals surface area (Å²) in [5.74, 6) is -0.966. The highest BCUT2D eigenvalue weighted by atomic mass is 127. The van der Waals surface area contributed by atoms with Crippen LogP contribution >= 0.6 is 22.6 Å². The number of hydrogen-bond acceptors (Lipinski definition) is 2. The number of nitrogens with one attached hydrogen (secondary N) is 1. The molecule has 84 valence electrons. The molecule has 0 unspecified atom stereocenters. The summed E-state index contributed by atoms with van der Waals surface area (Å²) in [4.78, 5) is 0. The summed E-state index contributed by atoms with van der Waals surface area (Å²) in [6.45, 7) is 0.439. The van der Waals surface area contributed by atoms with Gasteiger partial charge in [-0.05, 0) is 46.9 Å². The van der Waals surface area contributed by atoms with Crippen molar-refractivity contribution in [3.8, 4) is 0 Å². The SMILES string of the molecule is Fc1ccc(NCc2ccc(I)o2)cc1F. The topological polar surface area (TPSA) is 25.2 Å². The molecule has 1 aromatic heterocycles. The molecule has 2 nitrogen and oxygen atoms in total. The first-order valence-corrected chi connectivity index (χ1v) is 5.66. The quantitative estimate of drug-likeness (QED) is 0.864. The summed E-state index contributed by atoms with van der Waals surface area (Å²) in [5.41, 5.74) is 0.519. The van der Waals surface area contributed by atoms with Crippen molar-refractivity contribution in [1.82, 2.24) is 0 Å². The minimum atomic E-state index is -0.862. The van der Waals surface area contributed by atoms with Gasteiger partial charge in [0.25, 0.3) is 0 Å². The highest BCUT2D eigenvalue weighted by Crippen LogP contribution is 2.15. The Morgan fingerprint density at radius 1 is 1.12 bits per heavy atom. The smallest absolute Gasteiger partial charge is 0.164 e. The van der Waals surface area contributed by atoms with Crippen LogP contribution in [0.4, 0.5) is 14.5 Å². The monoisotopic (exact) mass is 335 g/mol. The lowest BCUT2D eigenvalue weighted by Crippen LogP contribution is -1.99. The van der Waals surface area contributed by atoms with Gasteiger partial charge in [0.2, 0.25) is 0 Å². The predicted molar refractivity (Wildman–Crippen MR) is 65.1 cm³/mol. The van der Waals surface area contributed by atoms with E-state index in [9.17, 15) is 8.78 Å². The average molecular weight is 335 g/mol. The van der Waals surface area contributed by atoms with Crippen LogP contribution in [0.5, 0.6) is 0 Å². The molecule has 1 N–H and O–H groups in total. The van der Waals surface area contributed by atoms with Crippen molar-refractivity contribution in [2.45, 2.75) is 6.54 Å². The number of benzene rings is 1. The molecule has 0 atom stereocenters. The van der Waals surface area contributed by atoms with E-state index in [1.807, 2.05) is 12.1 Å². The van der Waals surface area contributed by atoms with Crippen LogP contribution in [0.25, 0.3) is 0 Å². The predicted octanol–water partition coefficient (Wildman–Crippen LogP) is 3.77. The van der Waals surface area contributed by atoms with Gasteiger partial charge < -0.3 is 9.73 Å². The molecule has 0 aliphatic rings. The van der Waals surface area contributed by atoms with Gasteiger partial charge in [-0.15, -0.1) is 0 Å². The fraction of sp³-hybridized carbons (Fsp3) is 0.0909. The number of hydrogen-bond donors (Lipinski definition) is 1. The Morgan fingerprint density at radius 3 is 2.56 bits per heavy atom. The lowest BCUT2D eigenvalue weighted by molar-refractivity contribution is 0.492. The molecule has 0 saturated carbocycles. The van der Waals surface area contributed by atoms with Crippen LogP contribution in [0.15, 0.2) is 34.7 Å². The van der Waals surface area contributed by atoms with Gasteiger partial charge in [0.15, 0.2) is 15.4 Å². The van der Waals surface area contributed by atoms with E-state index in [4.69, 9.17) is 4.42 Å². The minimum Gasteiger partial charge on any atom is -0.454 e. The molecule has 0 aliphatic carbocycles. The second kappa shape index (κ2) is 4.82. The third kappa shape index (κ3) is 2.72. The Morgan fingerprint density at radius 2 is 1.94 bits per heavy atom. The molecule has 1 aromatic carbocycles. The van der Waals surface area contributed by atoms with Gasteiger partial charge in [-0.25, -0.2) is 8.78 Å². The molecule has 0 radical (unpaired) electrons. The first-order valence-electron chi connectivity index (χ1n) is 4.58. The van der Waals surface area contributed by atoms with E-state index in [1.54, 1.807) is 0 Å². The molecule has 0 saturated heterocycles. The van der Waals surface area contributed by atoms with E-state index in [2.05, 4.69) is 27.9 Å². The molecule has 16 heavy (non-hydrogen) atoms. The first-order chi connectivity index (χ1) is 7.65. The van der Waals surface area contributed by atoms with Crippen molar-refractivity contribution in [3.05, 3.63) is 51.5 Å². The molecular formula is C11H8F2INO. The van der Waals surface area contributed by atoms with E-state index in [0.29, 0.717) is 12.2 Å². The van der Waals surface area contributed by atoms with E-state index in [-0.39, 0.29) is 0 Å². The van der Waals surface area contributed by atoms with E-state index in [0.717, 1.165) is 21.7 Å². The third-order valence-electron chi connectivity index (χ3n) is 2.02.